The first-order chi connectivity index (χ1) is 10.8. The van der Waals surface area contributed by atoms with E-state index >= 15 is 0 Å². The Labute approximate surface area is 137 Å². The van der Waals surface area contributed by atoms with E-state index < -0.39 is 11.7 Å². The first-order valence-corrected chi connectivity index (χ1v) is 7.44. The van der Waals surface area contributed by atoms with Gasteiger partial charge in [-0.15, -0.1) is 0 Å². The first-order valence-electron chi connectivity index (χ1n) is 7.07. The van der Waals surface area contributed by atoms with Crippen molar-refractivity contribution in [2.45, 2.75) is 20.0 Å². The van der Waals surface area contributed by atoms with Gasteiger partial charge in [0.05, 0.1) is 10.6 Å². The average molecular weight is 345 g/mol. The highest BCUT2D eigenvalue weighted by Gasteiger charge is 2.33. The van der Waals surface area contributed by atoms with Crippen LogP contribution in [0, 0.1) is 0 Å². The number of anilines is 3. The van der Waals surface area contributed by atoms with Crippen molar-refractivity contribution < 1.29 is 13.2 Å². The van der Waals surface area contributed by atoms with Gasteiger partial charge < -0.3 is 10.2 Å². The highest BCUT2D eigenvalue weighted by atomic mass is 35.5. The van der Waals surface area contributed by atoms with Gasteiger partial charge in [0.2, 0.25) is 5.95 Å². The van der Waals surface area contributed by atoms with Gasteiger partial charge in [-0.1, -0.05) is 11.6 Å². The Morgan fingerprint density at radius 2 is 1.87 bits per heavy atom. The van der Waals surface area contributed by atoms with E-state index in [2.05, 4.69) is 15.3 Å². The molecule has 23 heavy (non-hydrogen) atoms. The summed E-state index contributed by atoms with van der Waals surface area (Å²) in [4.78, 5) is 10.4. The second kappa shape index (κ2) is 7.04. The minimum atomic E-state index is -4.52. The van der Waals surface area contributed by atoms with Gasteiger partial charge in [0.15, 0.2) is 0 Å². The molecule has 0 aliphatic carbocycles. The number of benzene rings is 1. The smallest absolute Gasteiger partial charge is 0.357 e. The lowest BCUT2D eigenvalue weighted by Gasteiger charge is -2.20. The number of halogens is 4. The monoisotopic (exact) mass is 344 g/mol. The molecular formula is C15H16ClF3N4. The average Bonchev–Trinajstić information content (AvgIpc) is 2.50. The van der Waals surface area contributed by atoms with Crippen molar-refractivity contribution in [1.29, 1.82) is 0 Å². The molecule has 1 aromatic heterocycles. The summed E-state index contributed by atoms with van der Waals surface area (Å²) in [6, 6.07) is 5.34. The number of rotatable bonds is 5. The van der Waals surface area contributed by atoms with Crippen molar-refractivity contribution >= 4 is 29.1 Å². The van der Waals surface area contributed by atoms with Gasteiger partial charge in [0.1, 0.15) is 5.82 Å². The van der Waals surface area contributed by atoms with Gasteiger partial charge in [0.25, 0.3) is 0 Å². The van der Waals surface area contributed by atoms with Crippen LogP contribution in [0.4, 0.5) is 30.6 Å². The quantitative estimate of drug-likeness (QED) is 0.850. The van der Waals surface area contributed by atoms with Crippen molar-refractivity contribution in [1.82, 2.24) is 9.97 Å². The van der Waals surface area contributed by atoms with Crippen LogP contribution >= 0.6 is 11.6 Å². The third kappa shape index (κ3) is 4.25. The molecule has 0 amide bonds. The van der Waals surface area contributed by atoms with Gasteiger partial charge >= 0.3 is 6.18 Å². The normalized spacial score (nSPS) is 11.4. The van der Waals surface area contributed by atoms with Crippen molar-refractivity contribution in [3.63, 3.8) is 0 Å². The number of nitrogens with zero attached hydrogens (tertiary/aromatic N) is 3. The molecule has 0 aliphatic rings. The maximum Gasteiger partial charge on any atom is 0.417 e. The molecule has 1 aromatic carbocycles. The first kappa shape index (κ1) is 17.3. The second-order valence-electron chi connectivity index (χ2n) is 4.73. The predicted octanol–water partition coefficient (Wildman–Crippen LogP) is 4.74. The van der Waals surface area contributed by atoms with E-state index in [1.54, 1.807) is 12.3 Å². The van der Waals surface area contributed by atoms with Crippen LogP contribution < -0.4 is 10.2 Å². The topological polar surface area (TPSA) is 41.1 Å². The molecule has 0 atom stereocenters. The summed E-state index contributed by atoms with van der Waals surface area (Å²) >= 11 is 5.60. The van der Waals surface area contributed by atoms with Crippen molar-refractivity contribution in [3.8, 4) is 0 Å². The number of hydrogen-bond acceptors (Lipinski definition) is 4. The minimum Gasteiger partial charge on any atom is -0.357 e. The molecule has 2 aromatic rings. The van der Waals surface area contributed by atoms with E-state index in [-0.39, 0.29) is 16.7 Å². The van der Waals surface area contributed by atoms with Crippen molar-refractivity contribution in [2.75, 3.05) is 23.3 Å². The Morgan fingerprint density at radius 1 is 1.17 bits per heavy atom. The SMILES string of the molecule is CCN(CC)c1ccnc(Nc2ccc(Cl)c(C(F)(F)F)c2)n1. The summed E-state index contributed by atoms with van der Waals surface area (Å²) in [5, 5.41) is 2.43. The van der Waals surface area contributed by atoms with Crippen LogP contribution in [-0.2, 0) is 6.18 Å². The summed E-state index contributed by atoms with van der Waals surface area (Å²) in [6.45, 7) is 5.53. The standard InChI is InChI=1S/C15H16ClF3N4/c1-3-23(4-2)13-7-8-20-14(22-13)21-10-5-6-12(16)11(9-10)15(17,18)19/h5-9H,3-4H2,1-2H3,(H,20,21,22). The molecule has 1 heterocycles. The molecule has 0 radical (unpaired) electrons. The van der Waals surface area contributed by atoms with Crippen molar-refractivity contribution in [2.24, 2.45) is 0 Å². The van der Waals surface area contributed by atoms with Gasteiger partial charge in [-0.25, -0.2) is 4.98 Å². The Kier molecular flexibility index (Phi) is 5.30. The lowest BCUT2D eigenvalue weighted by Crippen LogP contribution is -2.23. The highest BCUT2D eigenvalue weighted by molar-refractivity contribution is 6.31. The predicted molar refractivity (Wildman–Crippen MR) is 85.3 cm³/mol. The van der Waals surface area contributed by atoms with E-state index in [0.717, 1.165) is 19.2 Å². The van der Waals surface area contributed by atoms with Crippen LogP contribution in [0.15, 0.2) is 30.5 Å². The van der Waals surface area contributed by atoms with Crippen LogP contribution in [-0.4, -0.2) is 23.1 Å². The van der Waals surface area contributed by atoms with Crippen LogP contribution in [0.25, 0.3) is 0 Å². The lowest BCUT2D eigenvalue weighted by atomic mass is 10.2. The van der Waals surface area contributed by atoms with Gasteiger partial charge in [0, 0.05) is 25.0 Å². The third-order valence-electron chi connectivity index (χ3n) is 3.26. The number of alkyl halides is 3. The van der Waals surface area contributed by atoms with Crippen LogP contribution in [0.1, 0.15) is 19.4 Å². The molecule has 8 heteroatoms. The summed E-state index contributed by atoms with van der Waals surface area (Å²) in [5.74, 6) is 0.933. The second-order valence-corrected chi connectivity index (χ2v) is 5.14. The van der Waals surface area contributed by atoms with Crippen LogP contribution in [0.2, 0.25) is 5.02 Å². The molecule has 4 nitrogen and oxygen atoms in total. The lowest BCUT2D eigenvalue weighted by molar-refractivity contribution is -0.137. The van der Waals surface area contributed by atoms with Crippen LogP contribution in [0.5, 0.6) is 0 Å². The molecule has 124 valence electrons. The minimum absolute atomic E-state index is 0.221. The van der Waals surface area contributed by atoms with Gasteiger partial charge in [-0.05, 0) is 38.1 Å². The molecule has 2 rings (SSSR count). The van der Waals surface area contributed by atoms with Crippen molar-refractivity contribution in [3.05, 3.63) is 41.0 Å². The number of aromatic nitrogens is 2. The summed E-state index contributed by atoms with van der Waals surface area (Å²) in [6.07, 6.45) is -2.96. The van der Waals surface area contributed by atoms with Crippen LogP contribution in [0.3, 0.4) is 0 Å². The van der Waals surface area contributed by atoms with Gasteiger partial charge in [-0.2, -0.15) is 18.2 Å². The Bertz CT molecular complexity index is 672. The molecule has 0 aliphatic heterocycles. The summed E-state index contributed by atoms with van der Waals surface area (Å²) in [5.41, 5.74) is -0.678. The number of hydrogen-bond donors (Lipinski definition) is 1. The maximum atomic E-state index is 12.9. The molecule has 0 spiro atoms. The van der Waals surface area contributed by atoms with E-state index in [1.807, 2.05) is 18.7 Å². The summed E-state index contributed by atoms with van der Waals surface area (Å²) in [7, 11) is 0. The van der Waals surface area contributed by atoms with E-state index in [4.69, 9.17) is 11.6 Å². The molecule has 0 saturated heterocycles. The van der Waals surface area contributed by atoms with Gasteiger partial charge in [-0.3, -0.25) is 0 Å². The number of nitrogens with one attached hydrogen (secondary N) is 1. The van der Waals surface area contributed by atoms with E-state index in [0.29, 0.717) is 5.82 Å². The Balaban J connectivity index is 2.28. The molecule has 0 saturated carbocycles. The zero-order valence-corrected chi connectivity index (χ0v) is 13.4. The molecule has 0 unspecified atom stereocenters. The molecule has 1 N–H and O–H groups in total. The summed E-state index contributed by atoms with van der Waals surface area (Å²) < 4.78 is 38.6. The fourth-order valence-corrected chi connectivity index (χ4v) is 2.31. The molecular weight excluding hydrogens is 329 g/mol. The fourth-order valence-electron chi connectivity index (χ4n) is 2.08. The Morgan fingerprint density at radius 3 is 2.48 bits per heavy atom. The zero-order chi connectivity index (χ0) is 17.0. The maximum absolute atomic E-state index is 12.9. The third-order valence-corrected chi connectivity index (χ3v) is 3.59. The fraction of sp³-hybridized carbons (Fsp3) is 0.333. The highest BCUT2D eigenvalue weighted by Crippen LogP contribution is 2.36. The Hall–Kier alpha value is -2.02. The van der Waals surface area contributed by atoms with E-state index in [1.165, 1.54) is 12.1 Å². The molecule has 0 fully saturated rings. The molecule has 0 bridgehead atoms. The van der Waals surface area contributed by atoms with E-state index in [9.17, 15) is 13.2 Å². The largest absolute Gasteiger partial charge is 0.417 e. The zero-order valence-electron chi connectivity index (χ0n) is 12.7.